The first-order valence-electron chi connectivity index (χ1n) is 7.81. The molecule has 0 spiro atoms. The van der Waals surface area contributed by atoms with Crippen LogP contribution in [0.4, 0.5) is 13.2 Å². The Morgan fingerprint density at radius 3 is 2.67 bits per heavy atom. The summed E-state index contributed by atoms with van der Waals surface area (Å²) in [5.41, 5.74) is -5.29. The van der Waals surface area contributed by atoms with E-state index in [9.17, 15) is 26.4 Å². The van der Waals surface area contributed by atoms with Gasteiger partial charge in [0, 0.05) is 31.0 Å². The molecule has 1 aliphatic rings. The van der Waals surface area contributed by atoms with Crippen molar-refractivity contribution in [1.82, 2.24) is 10.3 Å². The van der Waals surface area contributed by atoms with Gasteiger partial charge in [-0.25, -0.2) is 4.98 Å². The van der Waals surface area contributed by atoms with E-state index in [4.69, 9.17) is 4.74 Å². The van der Waals surface area contributed by atoms with E-state index in [2.05, 4.69) is 14.5 Å². The predicted molar refractivity (Wildman–Crippen MR) is 91.2 cm³/mol. The van der Waals surface area contributed by atoms with Crippen LogP contribution in [0.1, 0.15) is 18.4 Å². The Kier molecular flexibility index (Phi) is 4.97. The van der Waals surface area contributed by atoms with Gasteiger partial charge in [0.1, 0.15) is 17.6 Å². The van der Waals surface area contributed by atoms with Gasteiger partial charge in [-0.2, -0.15) is 21.6 Å². The molecule has 0 bridgehead atoms. The fourth-order valence-corrected chi connectivity index (χ4v) is 3.95. The standard InChI is InChI=1S/C15H15F3N2O5S2/c1-7(9-3-13(21)19-6-9)24-12-5-10(25-27(22,23)15(16,17)18)4-11-14(12)26-8(2)20-11/h4-5,7,9H,3,6H2,1-2H3,(H,19,21)/t7-,9-/m1/s1. The second-order valence-electron chi connectivity index (χ2n) is 6.08. The van der Waals surface area contributed by atoms with Gasteiger partial charge in [0.05, 0.1) is 15.2 Å². The van der Waals surface area contributed by atoms with Crippen LogP contribution in [0.2, 0.25) is 0 Å². The molecule has 2 aromatic rings. The molecule has 1 fully saturated rings. The van der Waals surface area contributed by atoms with Gasteiger partial charge < -0.3 is 14.2 Å². The summed E-state index contributed by atoms with van der Waals surface area (Å²) < 4.78 is 71.0. The van der Waals surface area contributed by atoms with E-state index >= 15 is 0 Å². The molecule has 0 saturated carbocycles. The summed E-state index contributed by atoms with van der Waals surface area (Å²) in [6, 6.07) is 2.20. The Bertz CT molecular complexity index is 987. The van der Waals surface area contributed by atoms with Gasteiger partial charge in [-0.3, -0.25) is 4.79 Å². The minimum atomic E-state index is -5.82. The summed E-state index contributed by atoms with van der Waals surface area (Å²) >= 11 is 1.25. The van der Waals surface area contributed by atoms with E-state index in [1.54, 1.807) is 13.8 Å². The second kappa shape index (κ2) is 6.82. The number of benzene rings is 1. The Morgan fingerprint density at radius 2 is 2.07 bits per heavy atom. The molecule has 1 aromatic carbocycles. The van der Waals surface area contributed by atoms with E-state index in [1.807, 2.05) is 0 Å². The zero-order chi connectivity index (χ0) is 20.0. The van der Waals surface area contributed by atoms with Crippen molar-refractivity contribution in [2.75, 3.05) is 6.54 Å². The van der Waals surface area contributed by atoms with E-state index in [0.29, 0.717) is 16.3 Å². The van der Waals surface area contributed by atoms with Crippen molar-refractivity contribution in [3.63, 3.8) is 0 Å². The first-order chi connectivity index (χ1) is 12.5. The molecule has 1 aliphatic heterocycles. The van der Waals surface area contributed by atoms with E-state index in [0.717, 1.165) is 12.1 Å². The average Bonchev–Trinajstić information content (AvgIpc) is 3.11. The fourth-order valence-electron chi connectivity index (χ4n) is 2.65. The molecular formula is C15H15F3N2O5S2. The van der Waals surface area contributed by atoms with Crippen molar-refractivity contribution in [2.45, 2.75) is 31.9 Å². The third-order valence-electron chi connectivity index (χ3n) is 4.01. The molecule has 27 heavy (non-hydrogen) atoms. The Morgan fingerprint density at radius 1 is 1.37 bits per heavy atom. The number of halogens is 3. The number of hydrogen-bond acceptors (Lipinski definition) is 7. The van der Waals surface area contributed by atoms with Crippen molar-refractivity contribution in [1.29, 1.82) is 0 Å². The van der Waals surface area contributed by atoms with Crippen molar-refractivity contribution < 1.29 is 35.3 Å². The molecule has 148 valence electrons. The summed E-state index contributed by atoms with van der Waals surface area (Å²) in [5.74, 6) is -0.627. The average molecular weight is 424 g/mol. The third kappa shape index (κ3) is 4.10. The number of hydrogen-bond donors (Lipinski definition) is 1. The monoisotopic (exact) mass is 424 g/mol. The van der Waals surface area contributed by atoms with Gasteiger partial charge >= 0.3 is 15.6 Å². The topological polar surface area (TPSA) is 94.6 Å². The lowest BCUT2D eigenvalue weighted by Gasteiger charge is -2.20. The van der Waals surface area contributed by atoms with Crippen LogP contribution in [-0.4, -0.2) is 37.5 Å². The highest BCUT2D eigenvalue weighted by Gasteiger charge is 2.48. The van der Waals surface area contributed by atoms with Gasteiger partial charge in [-0.15, -0.1) is 11.3 Å². The zero-order valence-electron chi connectivity index (χ0n) is 14.2. The van der Waals surface area contributed by atoms with Crippen LogP contribution in [0.5, 0.6) is 11.5 Å². The SMILES string of the molecule is Cc1nc2cc(OS(=O)(=O)C(F)(F)F)cc(O[C@H](C)[C@H]3CNC(=O)C3)c2s1. The molecule has 0 unspecified atom stereocenters. The number of carbonyl (C=O) groups excluding carboxylic acids is 1. The van der Waals surface area contributed by atoms with Crippen LogP contribution in [0, 0.1) is 12.8 Å². The molecule has 1 aromatic heterocycles. The lowest BCUT2D eigenvalue weighted by Crippen LogP contribution is -2.28. The highest BCUT2D eigenvalue weighted by molar-refractivity contribution is 7.88. The number of amides is 1. The molecule has 12 heteroatoms. The lowest BCUT2D eigenvalue weighted by molar-refractivity contribution is -0.119. The molecule has 1 N–H and O–H groups in total. The number of nitrogens with one attached hydrogen (secondary N) is 1. The predicted octanol–water partition coefficient (Wildman–Crippen LogP) is 2.74. The summed E-state index contributed by atoms with van der Waals surface area (Å²) in [7, 11) is -5.82. The first kappa shape index (κ1) is 19.7. The van der Waals surface area contributed by atoms with Crippen LogP contribution in [0.25, 0.3) is 10.2 Å². The minimum absolute atomic E-state index is 0.109. The van der Waals surface area contributed by atoms with Crippen LogP contribution in [0.3, 0.4) is 0 Å². The van der Waals surface area contributed by atoms with Crippen LogP contribution in [-0.2, 0) is 14.9 Å². The molecule has 0 aliphatic carbocycles. The Balaban J connectivity index is 1.95. The molecule has 0 radical (unpaired) electrons. The van der Waals surface area contributed by atoms with E-state index in [-0.39, 0.29) is 29.5 Å². The molecule has 7 nitrogen and oxygen atoms in total. The molecule has 1 amide bonds. The van der Waals surface area contributed by atoms with Crippen LogP contribution < -0.4 is 14.2 Å². The molecule has 3 rings (SSSR count). The van der Waals surface area contributed by atoms with Crippen molar-refractivity contribution in [2.24, 2.45) is 5.92 Å². The zero-order valence-corrected chi connectivity index (χ0v) is 15.8. The van der Waals surface area contributed by atoms with Gasteiger partial charge in [-0.1, -0.05) is 0 Å². The molecule has 2 heterocycles. The third-order valence-corrected chi connectivity index (χ3v) is 5.99. The summed E-state index contributed by atoms with van der Waals surface area (Å²) in [6.45, 7) is 3.85. The van der Waals surface area contributed by atoms with Gasteiger partial charge in [0.2, 0.25) is 5.91 Å². The summed E-state index contributed by atoms with van der Waals surface area (Å²) in [6.07, 6.45) is -0.172. The highest BCUT2D eigenvalue weighted by atomic mass is 32.2. The van der Waals surface area contributed by atoms with Gasteiger partial charge in [0.15, 0.2) is 0 Å². The largest absolute Gasteiger partial charge is 0.534 e. The van der Waals surface area contributed by atoms with Crippen molar-refractivity contribution in [3.05, 3.63) is 17.1 Å². The lowest BCUT2D eigenvalue weighted by atomic mass is 10.0. The first-order valence-corrected chi connectivity index (χ1v) is 10.0. The van der Waals surface area contributed by atoms with Gasteiger partial charge in [0.25, 0.3) is 0 Å². The summed E-state index contributed by atoms with van der Waals surface area (Å²) in [5, 5.41) is 3.30. The molecule has 1 saturated heterocycles. The quantitative estimate of drug-likeness (QED) is 0.586. The maximum absolute atomic E-state index is 12.6. The number of aryl methyl sites for hydroxylation is 1. The number of nitrogens with zero attached hydrogens (tertiary/aromatic N) is 1. The second-order valence-corrected chi connectivity index (χ2v) is 8.82. The highest BCUT2D eigenvalue weighted by Crippen LogP contribution is 2.38. The molecule has 2 atom stereocenters. The smallest absolute Gasteiger partial charge is 0.489 e. The maximum atomic E-state index is 12.6. The number of thiazole rings is 1. The number of ether oxygens (including phenoxy) is 1. The number of rotatable bonds is 5. The fraction of sp³-hybridized carbons (Fsp3) is 0.467. The van der Waals surface area contributed by atoms with Crippen LogP contribution in [0.15, 0.2) is 12.1 Å². The van der Waals surface area contributed by atoms with Crippen molar-refractivity contribution >= 4 is 37.6 Å². The van der Waals surface area contributed by atoms with Crippen molar-refractivity contribution in [3.8, 4) is 11.5 Å². The summed E-state index contributed by atoms with van der Waals surface area (Å²) in [4.78, 5) is 15.5. The van der Waals surface area contributed by atoms with Crippen LogP contribution >= 0.6 is 11.3 Å². The molecular weight excluding hydrogens is 409 g/mol. The maximum Gasteiger partial charge on any atom is 0.534 e. The normalized spacial score (nSPS) is 19.1. The number of fused-ring (bicyclic) bond motifs is 1. The number of aromatic nitrogens is 1. The Labute approximate surface area is 156 Å². The Hall–Kier alpha value is -2.08. The number of alkyl halides is 3. The van der Waals surface area contributed by atoms with E-state index in [1.165, 1.54) is 11.3 Å². The van der Waals surface area contributed by atoms with Gasteiger partial charge in [-0.05, 0) is 13.8 Å². The van der Waals surface area contributed by atoms with E-state index < -0.39 is 27.5 Å². The number of carbonyl (C=O) groups is 1. The minimum Gasteiger partial charge on any atom is -0.489 e.